The summed E-state index contributed by atoms with van der Waals surface area (Å²) >= 11 is 0. The van der Waals surface area contributed by atoms with Crippen LogP contribution in [-0.4, -0.2) is 69.9 Å². The van der Waals surface area contributed by atoms with Gasteiger partial charge in [-0.15, -0.1) is 0 Å². The highest BCUT2D eigenvalue weighted by Gasteiger charge is 2.34. The summed E-state index contributed by atoms with van der Waals surface area (Å²) in [4.78, 5) is 54.8. The standard InChI is InChI=1S/C35H43N5O7/c1-22(2)16-28(31(41)18-32(42)43)37-33(44)29(38-35(46)47-20-24-10-5-4-6-11-24)17-26-19-39(34(45)23(3)36)21-40(26)30-15-9-13-25-12-7-8-14-27(25)30/h4-15,19,22-23,28-29,31,41H,16-18,20-21,36H2,1-3H3,(H,37,44)(H,38,46)(H,42,43)/t23-,28-,29-,31-/m0/s1. The molecule has 0 unspecified atom stereocenters. The number of ether oxygens (including phenoxy) is 1. The van der Waals surface area contributed by atoms with Crippen LogP contribution in [-0.2, 0) is 25.7 Å². The van der Waals surface area contributed by atoms with E-state index in [4.69, 9.17) is 10.5 Å². The van der Waals surface area contributed by atoms with E-state index in [1.165, 1.54) is 4.90 Å². The Hall–Kier alpha value is -4.94. The van der Waals surface area contributed by atoms with E-state index in [1.54, 1.807) is 25.3 Å². The molecule has 3 aromatic rings. The third-order valence-corrected chi connectivity index (χ3v) is 7.81. The molecule has 3 amide bonds. The molecule has 6 N–H and O–H groups in total. The summed E-state index contributed by atoms with van der Waals surface area (Å²) in [7, 11) is 0. The number of carbonyl (C=O) groups excluding carboxylic acids is 3. The lowest BCUT2D eigenvalue weighted by Crippen LogP contribution is -2.53. The molecule has 12 heteroatoms. The molecule has 0 spiro atoms. The fourth-order valence-electron chi connectivity index (χ4n) is 5.52. The molecule has 0 radical (unpaired) electrons. The van der Waals surface area contributed by atoms with Crippen molar-refractivity contribution < 1.29 is 34.1 Å². The Morgan fingerprint density at radius 2 is 1.62 bits per heavy atom. The van der Waals surface area contributed by atoms with Crippen molar-refractivity contribution in [2.24, 2.45) is 11.7 Å². The Kier molecular flexibility index (Phi) is 11.9. The van der Waals surface area contributed by atoms with Crippen LogP contribution in [0.5, 0.6) is 0 Å². The minimum atomic E-state index is -1.36. The number of amides is 3. The maximum absolute atomic E-state index is 13.9. The van der Waals surface area contributed by atoms with Gasteiger partial charge in [-0.3, -0.25) is 19.3 Å². The van der Waals surface area contributed by atoms with Gasteiger partial charge in [0.1, 0.15) is 19.3 Å². The molecule has 1 aliphatic rings. The quantitative estimate of drug-likeness (QED) is 0.175. The number of aliphatic carboxylic acids is 1. The van der Waals surface area contributed by atoms with Crippen LogP contribution in [0.4, 0.5) is 10.5 Å². The van der Waals surface area contributed by atoms with Gasteiger partial charge < -0.3 is 36.2 Å². The summed E-state index contributed by atoms with van der Waals surface area (Å²) in [5.41, 5.74) is 8.03. The number of aliphatic hydroxyl groups excluding tert-OH is 1. The maximum atomic E-state index is 13.9. The molecule has 250 valence electrons. The van der Waals surface area contributed by atoms with E-state index in [-0.39, 0.29) is 31.5 Å². The molecule has 47 heavy (non-hydrogen) atoms. The summed E-state index contributed by atoms with van der Waals surface area (Å²) < 4.78 is 5.43. The molecule has 0 bridgehead atoms. The summed E-state index contributed by atoms with van der Waals surface area (Å²) in [6, 6.07) is 19.7. The van der Waals surface area contributed by atoms with Crippen LogP contribution < -0.4 is 21.3 Å². The molecule has 0 fully saturated rings. The van der Waals surface area contributed by atoms with Crippen molar-refractivity contribution in [2.45, 2.75) is 70.9 Å². The molecule has 0 aromatic heterocycles. The van der Waals surface area contributed by atoms with Gasteiger partial charge in [0.05, 0.1) is 30.3 Å². The Bertz CT molecular complexity index is 1590. The van der Waals surface area contributed by atoms with Crippen LogP contribution >= 0.6 is 0 Å². The first-order chi connectivity index (χ1) is 22.4. The Morgan fingerprint density at radius 3 is 2.30 bits per heavy atom. The first kappa shape index (κ1) is 34.9. The Labute approximate surface area is 274 Å². The van der Waals surface area contributed by atoms with Crippen molar-refractivity contribution in [3.8, 4) is 0 Å². The molecule has 3 aromatic carbocycles. The molecular weight excluding hydrogens is 602 g/mol. The zero-order valence-electron chi connectivity index (χ0n) is 26.8. The predicted molar refractivity (Wildman–Crippen MR) is 178 cm³/mol. The fraction of sp³-hybridized carbons (Fsp3) is 0.371. The number of nitrogens with two attached hydrogens (primary N) is 1. The van der Waals surface area contributed by atoms with E-state index in [0.29, 0.717) is 12.1 Å². The Morgan fingerprint density at radius 1 is 0.936 bits per heavy atom. The van der Waals surface area contributed by atoms with E-state index >= 15 is 0 Å². The van der Waals surface area contributed by atoms with Gasteiger partial charge in [-0.25, -0.2) is 4.79 Å². The van der Waals surface area contributed by atoms with Gasteiger partial charge in [0.15, 0.2) is 0 Å². The molecule has 12 nitrogen and oxygen atoms in total. The maximum Gasteiger partial charge on any atom is 0.408 e. The first-order valence-electron chi connectivity index (χ1n) is 15.6. The molecule has 1 heterocycles. The summed E-state index contributed by atoms with van der Waals surface area (Å²) in [5.74, 6) is -2.16. The smallest absolute Gasteiger partial charge is 0.408 e. The van der Waals surface area contributed by atoms with E-state index in [0.717, 1.165) is 22.0 Å². The van der Waals surface area contributed by atoms with Crippen molar-refractivity contribution in [3.05, 3.63) is 90.3 Å². The number of hydrogen-bond donors (Lipinski definition) is 5. The summed E-state index contributed by atoms with van der Waals surface area (Å²) in [5, 5.41) is 27.3. The number of benzene rings is 3. The highest BCUT2D eigenvalue weighted by atomic mass is 16.5. The zero-order valence-corrected chi connectivity index (χ0v) is 26.8. The van der Waals surface area contributed by atoms with Crippen molar-refractivity contribution in [2.75, 3.05) is 11.6 Å². The van der Waals surface area contributed by atoms with Crippen LogP contribution in [0.1, 0.15) is 45.6 Å². The average Bonchev–Trinajstić information content (AvgIpc) is 3.45. The van der Waals surface area contributed by atoms with Gasteiger partial charge in [0.25, 0.3) is 0 Å². The van der Waals surface area contributed by atoms with E-state index in [2.05, 4.69) is 10.6 Å². The van der Waals surface area contributed by atoms with Gasteiger partial charge >= 0.3 is 12.1 Å². The number of nitrogens with zero attached hydrogens (tertiary/aromatic N) is 2. The molecule has 0 saturated carbocycles. The number of aliphatic hydroxyl groups is 1. The van der Waals surface area contributed by atoms with E-state index < -0.39 is 48.6 Å². The third-order valence-electron chi connectivity index (χ3n) is 7.81. The highest BCUT2D eigenvalue weighted by molar-refractivity contribution is 5.96. The lowest BCUT2D eigenvalue weighted by molar-refractivity contribution is -0.140. The fourth-order valence-corrected chi connectivity index (χ4v) is 5.52. The number of carbonyl (C=O) groups is 4. The van der Waals surface area contributed by atoms with E-state index in [1.807, 2.05) is 79.4 Å². The van der Waals surface area contributed by atoms with E-state index in [9.17, 15) is 29.4 Å². The van der Waals surface area contributed by atoms with Gasteiger partial charge in [-0.2, -0.15) is 0 Å². The molecule has 1 aliphatic heterocycles. The van der Waals surface area contributed by atoms with Crippen molar-refractivity contribution in [3.63, 3.8) is 0 Å². The molecule has 0 saturated heterocycles. The van der Waals surface area contributed by atoms with Crippen molar-refractivity contribution >= 4 is 40.3 Å². The number of anilines is 1. The first-order valence-corrected chi connectivity index (χ1v) is 15.6. The predicted octanol–water partition coefficient (Wildman–Crippen LogP) is 3.69. The summed E-state index contributed by atoms with van der Waals surface area (Å²) in [6.07, 6.45) is -0.922. The minimum absolute atomic E-state index is 0.0169. The van der Waals surface area contributed by atoms with Gasteiger partial charge in [0, 0.05) is 23.7 Å². The normalized spacial score (nSPS) is 15.5. The number of alkyl carbamates (subject to hydrolysis) is 1. The number of hydrogen-bond acceptors (Lipinski definition) is 8. The third kappa shape index (κ3) is 9.53. The number of fused-ring (bicyclic) bond motifs is 1. The topological polar surface area (TPSA) is 175 Å². The van der Waals surface area contributed by atoms with Crippen LogP contribution in [0.25, 0.3) is 10.8 Å². The zero-order chi connectivity index (χ0) is 34.1. The Balaban J connectivity index is 1.66. The van der Waals surface area contributed by atoms with Gasteiger partial charge in [0.2, 0.25) is 11.8 Å². The lowest BCUT2D eigenvalue weighted by atomic mass is 9.96. The average molecular weight is 646 g/mol. The highest BCUT2D eigenvalue weighted by Crippen LogP contribution is 2.34. The van der Waals surface area contributed by atoms with Crippen LogP contribution in [0.2, 0.25) is 0 Å². The number of carboxylic acids is 1. The SMILES string of the molecule is CC(C)C[C@H](NC(=O)[C@H](CC1=CN(C(=O)[C@H](C)N)CN1c1cccc2ccccc12)NC(=O)OCc1ccccc1)[C@@H](O)CC(=O)O. The largest absolute Gasteiger partial charge is 0.481 e. The molecule has 0 aliphatic carbocycles. The lowest BCUT2D eigenvalue weighted by Gasteiger charge is -2.29. The number of carboxylic acid groups (broad SMARTS) is 1. The van der Waals surface area contributed by atoms with Crippen molar-refractivity contribution in [1.29, 1.82) is 0 Å². The van der Waals surface area contributed by atoms with Crippen LogP contribution in [0.3, 0.4) is 0 Å². The number of nitrogens with one attached hydrogen (secondary N) is 2. The molecule has 4 rings (SSSR count). The van der Waals surface area contributed by atoms with Gasteiger partial charge in [-0.05, 0) is 36.3 Å². The number of rotatable bonds is 14. The second-order valence-electron chi connectivity index (χ2n) is 12.2. The summed E-state index contributed by atoms with van der Waals surface area (Å²) in [6.45, 7) is 5.46. The second kappa shape index (κ2) is 16.1. The molecule has 4 atom stereocenters. The van der Waals surface area contributed by atoms with Crippen LogP contribution in [0.15, 0.2) is 84.7 Å². The second-order valence-corrected chi connectivity index (χ2v) is 12.2. The minimum Gasteiger partial charge on any atom is -0.481 e. The van der Waals surface area contributed by atoms with Crippen molar-refractivity contribution in [1.82, 2.24) is 15.5 Å². The van der Waals surface area contributed by atoms with Gasteiger partial charge in [-0.1, -0.05) is 80.6 Å². The monoisotopic (exact) mass is 645 g/mol. The van der Waals surface area contributed by atoms with Crippen LogP contribution in [0, 0.1) is 5.92 Å². The molecular formula is C35H43N5O7.